The second-order valence-corrected chi connectivity index (χ2v) is 4.64. The predicted molar refractivity (Wildman–Crippen MR) is 67.3 cm³/mol. The van der Waals surface area contributed by atoms with Crippen LogP contribution in [0.2, 0.25) is 5.02 Å². The van der Waals surface area contributed by atoms with Gasteiger partial charge in [-0.25, -0.2) is 9.07 Å². The highest BCUT2D eigenvalue weighted by Crippen LogP contribution is 2.30. The Morgan fingerprint density at radius 2 is 2.17 bits per heavy atom. The first-order chi connectivity index (χ1) is 8.54. The zero-order valence-corrected chi connectivity index (χ0v) is 10.7. The van der Waals surface area contributed by atoms with Gasteiger partial charge in [-0.3, -0.25) is 0 Å². The lowest BCUT2D eigenvalue weighted by Crippen LogP contribution is -2.05. The first-order valence-corrected chi connectivity index (χ1v) is 5.85. The molecule has 1 heterocycles. The summed E-state index contributed by atoms with van der Waals surface area (Å²) in [5.74, 6) is -0.466. The maximum atomic E-state index is 14.0. The van der Waals surface area contributed by atoms with Crippen molar-refractivity contribution in [1.82, 2.24) is 9.78 Å². The van der Waals surface area contributed by atoms with E-state index in [1.54, 1.807) is 12.3 Å². The zero-order chi connectivity index (χ0) is 13.3. The third kappa shape index (κ3) is 2.09. The van der Waals surface area contributed by atoms with Gasteiger partial charge in [-0.2, -0.15) is 10.4 Å². The minimum absolute atomic E-state index is 0.0339. The highest BCUT2D eigenvalue weighted by atomic mass is 35.5. The summed E-state index contributed by atoms with van der Waals surface area (Å²) in [5.41, 5.74) is 1.53. The summed E-state index contributed by atoms with van der Waals surface area (Å²) in [4.78, 5) is 0. The Morgan fingerprint density at radius 3 is 2.72 bits per heavy atom. The van der Waals surface area contributed by atoms with E-state index in [1.807, 2.05) is 19.9 Å². The van der Waals surface area contributed by atoms with Crippen molar-refractivity contribution in [3.8, 4) is 11.8 Å². The molecule has 0 saturated heterocycles. The van der Waals surface area contributed by atoms with Crippen LogP contribution in [0, 0.1) is 17.1 Å². The van der Waals surface area contributed by atoms with E-state index < -0.39 is 5.82 Å². The fourth-order valence-corrected chi connectivity index (χ4v) is 1.98. The minimum Gasteiger partial charge on any atom is -0.239 e. The van der Waals surface area contributed by atoms with Gasteiger partial charge in [0.25, 0.3) is 0 Å². The quantitative estimate of drug-likeness (QED) is 0.830. The fourth-order valence-electron chi connectivity index (χ4n) is 1.82. The van der Waals surface area contributed by atoms with Crippen molar-refractivity contribution in [1.29, 1.82) is 5.26 Å². The lowest BCUT2D eigenvalue weighted by Gasteiger charge is -2.14. The van der Waals surface area contributed by atoms with Crippen molar-refractivity contribution in [3.63, 3.8) is 0 Å². The van der Waals surface area contributed by atoms with E-state index in [0.717, 1.165) is 0 Å². The summed E-state index contributed by atoms with van der Waals surface area (Å²) < 4.78 is 15.5. The number of halogens is 2. The first kappa shape index (κ1) is 12.6. The standard InChI is InChI=1S/C13H11ClFN3/c1-8(2)12-11(4-3-10(14)13(12)15)18-7-9(5-16)6-17-18/h3-4,6-8H,1-2H3. The van der Waals surface area contributed by atoms with Gasteiger partial charge < -0.3 is 0 Å². The SMILES string of the molecule is CC(C)c1c(-n2cc(C#N)cn2)ccc(Cl)c1F. The Kier molecular flexibility index (Phi) is 3.35. The number of aromatic nitrogens is 2. The Labute approximate surface area is 109 Å². The highest BCUT2D eigenvalue weighted by molar-refractivity contribution is 6.30. The van der Waals surface area contributed by atoms with Crippen molar-refractivity contribution < 1.29 is 4.39 Å². The molecule has 0 radical (unpaired) electrons. The Balaban J connectivity index is 2.64. The van der Waals surface area contributed by atoms with E-state index in [9.17, 15) is 4.39 Å². The van der Waals surface area contributed by atoms with Crippen LogP contribution in [0.25, 0.3) is 5.69 Å². The van der Waals surface area contributed by atoms with Gasteiger partial charge >= 0.3 is 0 Å². The second-order valence-electron chi connectivity index (χ2n) is 4.23. The number of nitrogens with zero attached hydrogens (tertiary/aromatic N) is 3. The fraction of sp³-hybridized carbons (Fsp3) is 0.231. The molecule has 2 rings (SSSR count). The second kappa shape index (κ2) is 4.79. The largest absolute Gasteiger partial charge is 0.239 e. The van der Waals surface area contributed by atoms with Crippen molar-refractivity contribution in [2.24, 2.45) is 0 Å². The van der Waals surface area contributed by atoms with Crippen molar-refractivity contribution in [3.05, 3.63) is 46.5 Å². The van der Waals surface area contributed by atoms with E-state index in [0.29, 0.717) is 16.8 Å². The maximum Gasteiger partial charge on any atom is 0.147 e. The third-order valence-corrected chi connectivity index (χ3v) is 2.94. The normalized spacial score (nSPS) is 10.7. The lowest BCUT2D eigenvalue weighted by molar-refractivity contribution is 0.594. The molecular weight excluding hydrogens is 253 g/mol. The molecule has 0 aliphatic heterocycles. The van der Waals surface area contributed by atoms with E-state index in [-0.39, 0.29) is 10.9 Å². The van der Waals surface area contributed by atoms with Crippen LogP contribution in [0.3, 0.4) is 0 Å². The van der Waals surface area contributed by atoms with Gasteiger partial charge in [-0.1, -0.05) is 25.4 Å². The van der Waals surface area contributed by atoms with Crippen LogP contribution in [0.5, 0.6) is 0 Å². The van der Waals surface area contributed by atoms with Gasteiger partial charge in [-0.15, -0.1) is 0 Å². The Morgan fingerprint density at radius 1 is 1.44 bits per heavy atom. The molecule has 0 spiro atoms. The van der Waals surface area contributed by atoms with Gasteiger partial charge in [0.05, 0.1) is 22.5 Å². The summed E-state index contributed by atoms with van der Waals surface area (Å²) in [6.07, 6.45) is 3.01. The summed E-state index contributed by atoms with van der Waals surface area (Å²) in [6, 6.07) is 5.18. The van der Waals surface area contributed by atoms with Crippen LogP contribution in [0.1, 0.15) is 30.9 Å². The van der Waals surface area contributed by atoms with E-state index in [4.69, 9.17) is 16.9 Å². The molecule has 0 N–H and O–H groups in total. The van der Waals surface area contributed by atoms with Crippen molar-refractivity contribution >= 4 is 11.6 Å². The van der Waals surface area contributed by atoms with E-state index in [2.05, 4.69) is 5.10 Å². The number of benzene rings is 1. The van der Waals surface area contributed by atoms with Gasteiger partial charge in [0, 0.05) is 11.8 Å². The average molecular weight is 264 g/mol. The third-order valence-electron chi connectivity index (χ3n) is 2.65. The first-order valence-electron chi connectivity index (χ1n) is 5.47. The summed E-state index contributed by atoms with van der Waals surface area (Å²) >= 11 is 5.79. The minimum atomic E-state index is -0.432. The molecule has 18 heavy (non-hydrogen) atoms. The van der Waals surface area contributed by atoms with E-state index >= 15 is 0 Å². The number of nitriles is 1. The molecule has 0 saturated carbocycles. The van der Waals surface area contributed by atoms with Gasteiger partial charge in [0.15, 0.2) is 0 Å². The maximum absolute atomic E-state index is 14.0. The van der Waals surface area contributed by atoms with Crippen LogP contribution in [0.15, 0.2) is 24.5 Å². The van der Waals surface area contributed by atoms with Gasteiger partial charge in [0.1, 0.15) is 11.9 Å². The molecule has 1 aromatic carbocycles. The predicted octanol–water partition coefficient (Wildman–Crippen LogP) is 3.66. The molecule has 0 aliphatic rings. The van der Waals surface area contributed by atoms with Gasteiger partial charge in [-0.05, 0) is 18.1 Å². The molecule has 0 unspecified atom stereocenters. The Bertz CT molecular complexity index is 626. The smallest absolute Gasteiger partial charge is 0.147 e. The number of hydrogen-bond acceptors (Lipinski definition) is 2. The average Bonchev–Trinajstić information content (AvgIpc) is 2.80. The molecule has 5 heteroatoms. The summed E-state index contributed by atoms with van der Waals surface area (Å²) in [6.45, 7) is 3.76. The van der Waals surface area contributed by atoms with E-state index in [1.165, 1.54) is 16.9 Å². The molecule has 1 aromatic heterocycles. The molecular formula is C13H11ClFN3. The molecule has 0 fully saturated rings. The Hall–Kier alpha value is -1.86. The zero-order valence-electron chi connectivity index (χ0n) is 9.98. The highest BCUT2D eigenvalue weighted by Gasteiger charge is 2.17. The number of hydrogen-bond donors (Lipinski definition) is 0. The molecule has 92 valence electrons. The molecule has 0 aliphatic carbocycles. The van der Waals surface area contributed by atoms with Crippen LogP contribution in [-0.4, -0.2) is 9.78 Å². The van der Waals surface area contributed by atoms with Crippen LogP contribution < -0.4 is 0 Å². The summed E-state index contributed by atoms with van der Waals surface area (Å²) in [5, 5.41) is 12.9. The summed E-state index contributed by atoms with van der Waals surface area (Å²) in [7, 11) is 0. The molecule has 3 nitrogen and oxygen atoms in total. The lowest BCUT2D eigenvalue weighted by atomic mass is 10.0. The monoisotopic (exact) mass is 263 g/mol. The molecule has 0 amide bonds. The van der Waals surface area contributed by atoms with Crippen LogP contribution in [0.4, 0.5) is 4.39 Å². The van der Waals surface area contributed by atoms with Gasteiger partial charge in [0.2, 0.25) is 0 Å². The number of rotatable bonds is 2. The van der Waals surface area contributed by atoms with Crippen molar-refractivity contribution in [2.75, 3.05) is 0 Å². The van der Waals surface area contributed by atoms with Crippen LogP contribution >= 0.6 is 11.6 Å². The molecule has 0 atom stereocenters. The van der Waals surface area contributed by atoms with Crippen LogP contribution in [-0.2, 0) is 0 Å². The molecule has 2 aromatic rings. The molecule has 0 bridgehead atoms. The van der Waals surface area contributed by atoms with Crippen molar-refractivity contribution in [2.45, 2.75) is 19.8 Å². The topological polar surface area (TPSA) is 41.6 Å².